The lowest BCUT2D eigenvalue weighted by Gasteiger charge is -2.02. The number of carboxylic acid groups (broad SMARTS) is 3. The van der Waals surface area contributed by atoms with E-state index in [0.29, 0.717) is 32.7 Å². The van der Waals surface area contributed by atoms with Crippen LogP contribution >= 0.6 is 0 Å². The molecule has 0 amide bonds. The van der Waals surface area contributed by atoms with Crippen LogP contribution in [0.1, 0.15) is 31.1 Å². The highest BCUT2D eigenvalue weighted by Crippen LogP contribution is 2.44. The van der Waals surface area contributed by atoms with Crippen LogP contribution in [0, 0.1) is 0 Å². The maximum atomic E-state index is 11.7. The Morgan fingerprint density at radius 1 is 0.472 bits per heavy atom. The van der Waals surface area contributed by atoms with E-state index in [1.807, 2.05) is 0 Å². The van der Waals surface area contributed by atoms with Crippen LogP contribution in [0.2, 0.25) is 0 Å². The molecule has 0 aliphatic rings. The van der Waals surface area contributed by atoms with Crippen molar-refractivity contribution in [2.45, 2.75) is 0 Å². The number of fused-ring (bicyclic) bond motifs is 12. The van der Waals surface area contributed by atoms with Gasteiger partial charge in [0.15, 0.2) is 0 Å². The van der Waals surface area contributed by atoms with Gasteiger partial charge in [0, 0.05) is 48.9 Å². The maximum absolute atomic E-state index is 11.7. The molecule has 7 rings (SSSR count). The molecule has 0 unspecified atom stereocenters. The number of rotatable bonds is 3. The number of aromatic carboxylic acids is 3. The first-order valence-electron chi connectivity index (χ1n) is 11.0. The quantitative estimate of drug-likeness (QED) is 0.192. The van der Waals surface area contributed by atoms with Crippen molar-refractivity contribution in [2.24, 2.45) is 0 Å². The Morgan fingerprint density at radius 2 is 0.750 bits per heavy atom. The predicted octanol–water partition coefficient (Wildman–Crippen LogP) is 5.68. The first-order chi connectivity index (χ1) is 17.3. The SMILES string of the molecule is O=C(O)c1ccc2[nH]c3c(c2c1)c1[nH]c2ccc(C(=O)O)cc2c1c1[nH]c2ccc(C(=O)O)cc2c31. The fraction of sp³-hybridized carbons (Fsp3) is 0. The molecule has 0 atom stereocenters. The molecule has 0 saturated heterocycles. The summed E-state index contributed by atoms with van der Waals surface area (Å²) in [6.07, 6.45) is 0. The number of hydrogen-bond acceptors (Lipinski definition) is 3. The van der Waals surface area contributed by atoms with Gasteiger partial charge in [0.1, 0.15) is 0 Å². The van der Waals surface area contributed by atoms with Crippen LogP contribution in [0.25, 0.3) is 65.4 Å². The molecule has 0 bridgehead atoms. The largest absolute Gasteiger partial charge is 0.478 e. The van der Waals surface area contributed by atoms with Crippen molar-refractivity contribution in [3.8, 4) is 0 Å². The second-order valence-corrected chi connectivity index (χ2v) is 8.82. The lowest BCUT2D eigenvalue weighted by atomic mass is 10.0. The van der Waals surface area contributed by atoms with Gasteiger partial charge in [-0.3, -0.25) is 0 Å². The van der Waals surface area contributed by atoms with E-state index >= 15 is 0 Å². The summed E-state index contributed by atoms with van der Waals surface area (Å²) in [6.45, 7) is 0. The zero-order chi connectivity index (χ0) is 24.9. The van der Waals surface area contributed by atoms with Crippen molar-refractivity contribution in [1.82, 2.24) is 15.0 Å². The van der Waals surface area contributed by atoms with Gasteiger partial charge in [-0.2, -0.15) is 0 Å². The van der Waals surface area contributed by atoms with Crippen molar-refractivity contribution in [2.75, 3.05) is 0 Å². The minimum atomic E-state index is -1.05. The van der Waals surface area contributed by atoms with E-state index in [9.17, 15) is 29.7 Å². The lowest BCUT2D eigenvalue weighted by Crippen LogP contribution is -1.94. The number of carboxylic acids is 3. The highest BCUT2D eigenvalue weighted by molar-refractivity contribution is 6.39. The molecule has 0 fully saturated rings. The summed E-state index contributed by atoms with van der Waals surface area (Å²) in [5.74, 6) is -3.15. The predicted molar refractivity (Wildman–Crippen MR) is 135 cm³/mol. The Balaban J connectivity index is 1.80. The minimum Gasteiger partial charge on any atom is -0.478 e. The number of aromatic nitrogens is 3. The van der Waals surface area contributed by atoms with Gasteiger partial charge in [-0.1, -0.05) is 0 Å². The van der Waals surface area contributed by atoms with Gasteiger partial charge in [0.25, 0.3) is 0 Å². The summed E-state index contributed by atoms with van der Waals surface area (Å²) in [7, 11) is 0. The Hall–Kier alpha value is -5.31. The Labute approximate surface area is 199 Å². The summed E-state index contributed by atoms with van der Waals surface area (Å²) >= 11 is 0. The van der Waals surface area contributed by atoms with E-state index in [0.717, 1.165) is 32.7 Å². The molecule has 0 spiro atoms. The highest BCUT2D eigenvalue weighted by atomic mass is 16.4. The van der Waals surface area contributed by atoms with Crippen molar-refractivity contribution in [3.63, 3.8) is 0 Å². The number of aromatic amines is 3. The molecule has 0 aliphatic heterocycles. The molecule has 9 nitrogen and oxygen atoms in total. The van der Waals surface area contributed by atoms with Crippen LogP contribution in [0.3, 0.4) is 0 Å². The third-order valence-electron chi connectivity index (χ3n) is 6.89. The van der Waals surface area contributed by atoms with Crippen LogP contribution in [-0.4, -0.2) is 48.2 Å². The minimum absolute atomic E-state index is 0.132. The molecule has 7 aromatic rings. The van der Waals surface area contributed by atoms with E-state index < -0.39 is 17.9 Å². The number of carbonyl (C=O) groups is 3. The van der Waals surface area contributed by atoms with Crippen LogP contribution in [-0.2, 0) is 0 Å². The molecule has 0 radical (unpaired) electrons. The van der Waals surface area contributed by atoms with Gasteiger partial charge in [0.05, 0.1) is 33.2 Å². The van der Waals surface area contributed by atoms with Gasteiger partial charge in [0.2, 0.25) is 0 Å². The molecule has 4 aromatic carbocycles. The number of hydrogen-bond donors (Lipinski definition) is 6. The molecule has 3 aromatic heterocycles. The molecular weight excluding hydrogens is 462 g/mol. The number of benzene rings is 4. The Kier molecular flexibility index (Phi) is 3.70. The van der Waals surface area contributed by atoms with Gasteiger partial charge in [-0.15, -0.1) is 0 Å². The average Bonchev–Trinajstić information content (AvgIpc) is 3.52. The van der Waals surface area contributed by atoms with E-state index in [2.05, 4.69) is 15.0 Å². The molecule has 3 heterocycles. The third-order valence-corrected chi connectivity index (χ3v) is 6.89. The topological polar surface area (TPSA) is 159 Å². The van der Waals surface area contributed by atoms with Gasteiger partial charge in [-0.25, -0.2) is 14.4 Å². The number of H-pyrrole nitrogens is 3. The van der Waals surface area contributed by atoms with Crippen LogP contribution in [0.5, 0.6) is 0 Å². The number of nitrogens with one attached hydrogen (secondary N) is 3. The van der Waals surface area contributed by atoms with Crippen molar-refractivity contribution >= 4 is 83.3 Å². The molecule has 6 N–H and O–H groups in total. The highest BCUT2D eigenvalue weighted by Gasteiger charge is 2.22. The van der Waals surface area contributed by atoms with Crippen LogP contribution in [0.15, 0.2) is 54.6 Å². The molecular formula is C27H15N3O6. The van der Waals surface area contributed by atoms with Gasteiger partial charge >= 0.3 is 17.9 Å². The maximum Gasteiger partial charge on any atom is 0.335 e. The van der Waals surface area contributed by atoms with Crippen LogP contribution < -0.4 is 0 Å². The molecule has 174 valence electrons. The zero-order valence-electron chi connectivity index (χ0n) is 18.3. The second-order valence-electron chi connectivity index (χ2n) is 8.82. The van der Waals surface area contributed by atoms with Gasteiger partial charge in [-0.05, 0) is 54.6 Å². The molecule has 36 heavy (non-hydrogen) atoms. The fourth-order valence-electron chi connectivity index (χ4n) is 5.32. The summed E-state index contributed by atoms with van der Waals surface area (Å²) in [5.41, 5.74) is 4.71. The van der Waals surface area contributed by atoms with Crippen LogP contribution in [0.4, 0.5) is 0 Å². The van der Waals surface area contributed by atoms with Gasteiger partial charge < -0.3 is 30.3 Å². The standard InChI is InChI=1S/C27H15N3O6/c31-25(32)10-1-4-16-13(7-10)19-22(28-16)20-14-8-11(26(33)34)2-5-17(14)30-24(20)21-15-9-12(27(35)36)3-6-18(15)29-23(19)21/h1-9,28-30H,(H,31,32)(H,33,34)(H,35,36). The third kappa shape index (κ3) is 2.51. The normalized spacial score (nSPS) is 12.0. The summed E-state index contributed by atoms with van der Waals surface area (Å²) < 4.78 is 0. The summed E-state index contributed by atoms with van der Waals surface area (Å²) in [4.78, 5) is 45.4. The zero-order valence-corrected chi connectivity index (χ0v) is 18.3. The Morgan fingerprint density at radius 3 is 1.00 bits per heavy atom. The van der Waals surface area contributed by atoms with Crippen molar-refractivity contribution < 1.29 is 29.7 Å². The van der Waals surface area contributed by atoms with E-state index in [4.69, 9.17) is 0 Å². The lowest BCUT2D eigenvalue weighted by molar-refractivity contribution is 0.0686. The smallest absolute Gasteiger partial charge is 0.335 e. The van der Waals surface area contributed by atoms with Crippen molar-refractivity contribution in [3.05, 3.63) is 71.3 Å². The summed E-state index contributed by atoms with van der Waals surface area (Å²) in [5, 5.41) is 33.1. The van der Waals surface area contributed by atoms with E-state index in [-0.39, 0.29) is 16.7 Å². The summed E-state index contributed by atoms with van der Waals surface area (Å²) in [6, 6.07) is 14.5. The first-order valence-corrected chi connectivity index (χ1v) is 11.0. The van der Waals surface area contributed by atoms with Crippen molar-refractivity contribution in [1.29, 1.82) is 0 Å². The van der Waals surface area contributed by atoms with E-state index in [1.165, 1.54) is 18.2 Å². The Bertz CT molecular complexity index is 1870. The fourth-order valence-corrected chi connectivity index (χ4v) is 5.32. The molecule has 0 aliphatic carbocycles. The molecule has 9 heteroatoms. The average molecular weight is 477 g/mol. The second kappa shape index (κ2) is 6.63. The van der Waals surface area contributed by atoms with E-state index in [1.54, 1.807) is 36.4 Å². The first kappa shape index (κ1) is 20.1. The molecule has 0 saturated carbocycles. The monoisotopic (exact) mass is 477 g/mol.